The monoisotopic (exact) mass is 440 g/mol. The molecule has 2 fully saturated rings. The van der Waals surface area contributed by atoms with E-state index in [1.807, 2.05) is 6.07 Å². The van der Waals surface area contributed by atoms with Gasteiger partial charge in [-0.1, -0.05) is 0 Å². The number of nitrogens with two attached hydrogens (primary N) is 1. The van der Waals surface area contributed by atoms with Crippen molar-refractivity contribution in [3.63, 3.8) is 0 Å². The molecule has 5 heterocycles. The zero-order chi connectivity index (χ0) is 22.1. The highest BCUT2D eigenvalue weighted by Crippen LogP contribution is 2.28. The lowest BCUT2D eigenvalue weighted by Crippen LogP contribution is -2.51. The highest BCUT2D eigenvalue weighted by molar-refractivity contribution is 6.12. The lowest BCUT2D eigenvalue weighted by molar-refractivity contribution is 0.0321. The molecule has 0 aromatic carbocycles. The van der Waals surface area contributed by atoms with Crippen molar-refractivity contribution in [1.29, 1.82) is 0 Å². The van der Waals surface area contributed by atoms with Gasteiger partial charge in [0.15, 0.2) is 17.3 Å². The molecule has 5 rings (SSSR count). The van der Waals surface area contributed by atoms with Gasteiger partial charge in [-0.05, 0) is 18.9 Å². The third kappa shape index (κ3) is 3.96. The van der Waals surface area contributed by atoms with Crippen LogP contribution in [0, 0.1) is 5.82 Å². The number of anilines is 3. The number of ether oxygens (including phenoxy) is 1. The van der Waals surface area contributed by atoms with Gasteiger partial charge in [0.05, 0.1) is 30.0 Å². The average molecular weight is 440 g/mol. The van der Waals surface area contributed by atoms with E-state index in [0.29, 0.717) is 11.7 Å². The Morgan fingerprint density at radius 3 is 2.75 bits per heavy atom. The van der Waals surface area contributed by atoms with E-state index in [2.05, 4.69) is 30.2 Å². The molecule has 0 unspecified atom stereocenters. The number of carbonyl (C=O) groups is 1. The minimum atomic E-state index is -0.568. The molecular weight excluding hydrogens is 415 g/mol. The Labute approximate surface area is 184 Å². The summed E-state index contributed by atoms with van der Waals surface area (Å²) >= 11 is 0. The van der Waals surface area contributed by atoms with Gasteiger partial charge < -0.3 is 20.7 Å². The molecule has 3 aromatic heterocycles. The normalized spacial score (nSPS) is 18.2. The molecule has 3 aromatic rings. The second-order valence-electron chi connectivity index (χ2n) is 8.01. The van der Waals surface area contributed by atoms with Crippen LogP contribution >= 0.6 is 0 Å². The first-order chi connectivity index (χ1) is 15.6. The van der Waals surface area contributed by atoms with Crippen LogP contribution in [-0.4, -0.2) is 75.8 Å². The van der Waals surface area contributed by atoms with E-state index in [9.17, 15) is 9.18 Å². The minimum absolute atomic E-state index is 0.0175. The molecule has 0 bridgehead atoms. The molecule has 1 amide bonds. The SMILES string of the molecule is Nc1nn2cc(F)cnc2c1C(=O)Nc1cnccc1N1CCN(C2CCOCC2)CC1. The number of nitrogens with one attached hydrogen (secondary N) is 1. The zero-order valence-corrected chi connectivity index (χ0v) is 17.6. The van der Waals surface area contributed by atoms with E-state index in [4.69, 9.17) is 10.5 Å². The second kappa shape index (κ2) is 8.67. The molecule has 0 spiro atoms. The van der Waals surface area contributed by atoms with Crippen molar-refractivity contribution < 1.29 is 13.9 Å². The van der Waals surface area contributed by atoms with Crippen molar-refractivity contribution in [2.24, 2.45) is 0 Å². The fraction of sp³-hybridized carbons (Fsp3) is 0.429. The van der Waals surface area contributed by atoms with Crippen LogP contribution in [0.3, 0.4) is 0 Å². The Morgan fingerprint density at radius 2 is 1.97 bits per heavy atom. The largest absolute Gasteiger partial charge is 0.381 e. The van der Waals surface area contributed by atoms with Gasteiger partial charge in [-0.3, -0.25) is 14.7 Å². The molecule has 0 saturated carbocycles. The number of carbonyl (C=O) groups excluding carboxylic acids is 1. The van der Waals surface area contributed by atoms with Crippen LogP contribution in [0.1, 0.15) is 23.2 Å². The molecule has 0 radical (unpaired) electrons. The van der Waals surface area contributed by atoms with Crippen LogP contribution in [0.25, 0.3) is 5.65 Å². The van der Waals surface area contributed by atoms with Crippen molar-refractivity contribution in [2.45, 2.75) is 18.9 Å². The molecule has 0 atom stereocenters. The predicted octanol–water partition coefficient (Wildman–Crippen LogP) is 1.40. The molecule has 32 heavy (non-hydrogen) atoms. The van der Waals surface area contributed by atoms with Crippen molar-refractivity contribution in [1.82, 2.24) is 24.5 Å². The summed E-state index contributed by atoms with van der Waals surface area (Å²) in [4.78, 5) is 26.0. The highest BCUT2D eigenvalue weighted by atomic mass is 19.1. The molecule has 3 N–H and O–H groups in total. The second-order valence-corrected chi connectivity index (χ2v) is 8.01. The van der Waals surface area contributed by atoms with Gasteiger partial charge in [0, 0.05) is 51.6 Å². The Bertz CT molecular complexity index is 1120. The third-order valence-corrected chi connectivity index (χ3v) is 6.10. The van der Waals surface area contributed by atoms with E-state index in [1.165, 1.54) is 4.52 Å². The Kier molecular flexibility index (Phi) is 5.58. The number of hydrogen-bond donors (Lipinski definition) is 2. The number of aromatic nitrogens is 4. The summed E-state index contributed by atoms with van der Waals surface area (Å²) in [5.41, 5.74) is 7.70. The van der Waals surface area contributed by atoms with E-state index >= 15 is 0 Å². The number of nitrogens with zero attached hydrogens (tertiary/aromatic N) is 6. The molecule has 2 aliphatic heterocycles. The summed E-state index contributed by atoms with van der Waals surface area (Å²) < 4.78 is 20.1. The van der Waals surface area contributed by atoms with Crippen LogP contribution in [-0.2, 0) is 4.74 Å². The molecule has 10 nitrogen and oxygen atoms in total. The molecular formula is C21H25FN8O2. The number of hydrogen-bond acceptors (Lipinski definition) is 8. The van der Waals surface area contributed by atoms with E-state index in [-0.39, 0.29) is 17.0 Å². The fourth-order valence-corrected chi connectivity index (χ4v) is 4.47. The first-order valence-electron chi connectivity index (χ1n) is 10.7. The Hall–Kier alpha value is -3.31. The number of pyridine rings is 1. The van der Waals surface area contributed by atoms with Crippen molar-refractivity contribution in [2.75, 3.05) is 55.3 Å². The first kappa shape index (κ1) is 20.6. The summed E-state index contributed by atoms with van der Waals surface area (Å²) in [5.74, 6) is -1.05. The predicted molar refractivity (Wildman–Crippen MR) is 117 cm³/mol. The number of halogens is 1. The van der Waals surface area contributed by atoms with Gasteiger partial charge in [0.2, 0.25) is 0 Å². The van der Waals surface area contributed by atoms with Crippen LogP contribution in [0.15, 0.2) is 30.9 Å². The average Bonchev–Trinajstić information content (AvgIpc) is 3.15. The lowest BCUT2D eigenvalue weighted by Gasteiger charge is -2.41. The van der Waals surface area contributed by atoms with Gasteiger partial charge in [-0.25, -0.2) is 13.9 Å². The summed E-state index contributed by atoms with van der Waals surface area (Å²) in [5, 5.41) is 6.88. The number of rotatable bonds is 4. The molecule has 168 valence electrons. The maximum atomic E-state index is 13.4. The lowest BCUT2D eigenvalue weighted by atomic mass is 10.1. The molecule has 0 aliphatic carbocycles. The first-order valence-corrected chi connectivity index (χ1v) is 10.7. The highest BCUT2D eigenvalue weighted by Gasteiger charge is 2.27. The summed E-state index contributed by atoms with van der Waals surface area (Å²) in [6.07, 6.45) is 7.64. The van der Waals surface area contributed by atoms with Gasteiger partial charge in [0.25, 0.3) is 5.91 Å². The summed E-state index contributed by atoms with van der Waals surface area (Å²) in [6.45, 7) is 5.28. The third-order valence-electron chi connectivity index (χ3n) is 6.10. The summed E-state index contributed by atoms with van der Waals surface area (Å²) in [6, 6.07) is 2.48. The number of amides is 1. The number of nitrogen functional groups attached to an aromatic ring is 1. The number of piperazine rings is 1. The quantitative estimate of drug-likeness (QED) is 0.626. The van der Waals surface area contributed by atoms with E-state index < -0.39 is 11.7 Å². The fourth-order valence-electron chi connectivity index (χ4n) is 4.47. The van der Waals surface area contributed by atoms with Crippen LogP contribution < -0.4 is 16.0 Å². The van der Waals surface area contributed by atoms with Gasteiger partial charge in [-0.15, -0.1) is 5.10 Å². The Morgan fingerprint density at radius 1 is 1.19 bits per heavy atom. The minimum Gasteiger partial charge on any atom is -0.381 e. The summed E-state index contributed by atoms with van der Waals surface area (Å²) in [7, 11) is 0. The smallest absolute Gasteiger partial charge is 0.263 e. The van der Waals surface area contributed by atoms with Crippen molar-refractivity contribution >= 4 is 28.7 Å². The molecule has 2 aliphatic rings. The topological polar surface area (TPSA) is 114 Å². The number of fused-ring (bicyclic) bond motifs is 1. The van der Waals surface area contributed by atoms with E-state index in [1.54, 1.807) is 12.4 Å². The van der Waals surface area contributed by atoms with Gasteiger partial charge in [-0.2, -0.15) is 0 Å². The van der Waals surface area contributed by atoms with Crippen LogP contribution in [0.4, 0.5) is 21.6 Å². The van der Waals surface area contributed by atoms with Crippen LogP contribution in [0.2, 0.25) is 0 Å². The van der Waals surface area contributed by atoms with Crippen molar-refractivity contribution in [3.05, 3.63) is 42.2 Å². The molecule has 2 saturated heterocycles. The maximum Gasteiger partial charge on any atom is 0.263 e. The van der Waals surface area contributed by atoms with Crippen molar-refractivity contribution in [3.8, 4) is 0 Å². The molecule has 11 heteroatoms. The standard InChI is InChI=1S/C21H25FN8O2/c22-14-11-25-20-18(19(23)27-30(20)13-14)21(31)26-16-12-24-4-1-17(16)29-7-5-28(6-8-29)15-2-9-32-10-3-15/h1,4,11-13,15H,2-3,5-10H2,(H2,23,27)(H,26,31). The Balaban J connectivity index is 1.32. The zero-order valence-electron chi connectivity index (χ0n) is 17.6. The van der Waals surface area contributed by atoms with E-state index in [0.717, 1.165) is 70.3 Å². The van der Waals surface area contributed by atoms with Gasteiger partial charge >= 0.3 is 0 Å². The van der Waals surface area contributed by atoms with Gasteiger partial charge in [0.1, 0.15) is 5.56 Å². The van der Waals surface area contributed by atoms with Crippen LogP contribution in [0.5, 0.6) is 0 Å². The maximum absolute atomic E-state index is 13.4.